The Hall–Kier alpha value is -3.73. The topological polar surface area (TPSA) is 66.5 Å². The Labute approximate surface area is 168 Å². The summed E-state index contributed by atoms with van der Waals surface area (Å²) < 4.78 is 0. The van der Waals surface area contributed by atoms with Crippen LogP contribution in [0.3, 0.4) is 0 Å². The second-order valence-electron chi connectivity index (χ2n) is 7.32. The molecule has 5 heteroatoms. The van der Waals surface area contributed by atoms with Crippen LogP contribution in [0.1, 0.15) is 44.8 Å². The minimum absolute atomic E-state index is 0.312. The molecule has 0 radical (unpaired) electrons. The number of rotatable bonds is 3. The van der Waals surface area contributed by atoms with Gasteiger partial charge in [-0.1, -0.05) is 60.7 Å². The molecule has 0 fully saturated rings. The molecule has 3 aromatic rings. The van der Waals surface area contributed by atoms with Gasteiger partial charge in [-0.15, -0.1) is 0 Å². The van der Waals surface area contributed by atoms with Crippen LogP contribution in [-0.4, -0.2) is 28.7 Å². The lowest BCUT2D eigenvalue weighted by atomic mass is 10.0. The van der Waals surface area contributed by atoms with Crippen LogP contribution in [0.25, 0.3) is 11.1 Å². The summed E-state index contributed by atoms with van der Waals surface area (Å²) in [5.74, 6) is -1.23. The van der Waals surface area contributed by atoms with Gasteiger partial charge in [0.25, 0.3) is 11.8 Å². The first-order chi connectivity index (χ1) is 14.1. The minimum Gasteiger partial charge on any atom is -0.343 e. The van der Waals surface area contributed by atoms with Crippen LogP contribution in [0.4, 0.5) is 0 Å². The Bertz CT molecular complexity index is 1100. The molecule has 0 bridgehead atoms. The molecule has 3 amide bonds. The first-order valence-electron chi connectivity index (χ1n) is 9.53. The number of hydrogen-bond acceptors (Lipinski definition) is 3. The number of hydrogen-bond donors (Lipinski definition) is 1. The predicted octanol–water partition coefficient (Wildman–Crippen LogP) is 3.56. The molecule has 2 aliphatic rings. The number of fused-ring (bicyclic) bond motifs is 4. The highest BCUT2D eigenvalue weighted by Crippen LogP contribution is 2.43. The zero-order chi connectivity index (χ0) is 20.1. The summed E-state index contributed by atoms with van der Waals surface area (Å²) in [4.78, 5) is 39.6. The van der Waals surface area contributed by atoms with E-state index in [2.05, 4.69) is 5.32 Å². The van der Waals surface area contributed by atoms with Gasteiger partial charge in [0.15, 0.2) is 0 Å². The smallest absolute Gasteiger partial charge is 0.262 e. The van der Waals surface area contributed by atoms with E-state index in [0.29, 0.717) is 11.1 Å². The third-order valence-corrected chi connectivity index (χ3v) is 5.71. The Morgan fingerprint density at radius 3 is 1.66 bits per heavy atom. The summed E-state index contributed by atoms with van der Waals surface area (Å²) in [6.07, 6.45) is 0. The fraction of sp³-hybridized carbons (Fsp3) is 0.125. The van der Waals surface area contributed by atoms with Crippen LogP contribution in [0.5, 0.6) is 0 Å². The van der Waals surface area contributed by atoms with Crippen molar-refractivity contribution in [3.63, 3.8) is 0 Å². The number of carbonyl (C=O) groups is 3. The van der Waals surface area contributed by atoms with Gasteiger partial charge in [-0.2, -0.15) is 0 Å². The van der Waals surface area contributed by atoms with Crippen molar-refractivity contribution in [2.45, 2.75) is 19.0 Å². The molecule has 0 saturated heterocycles. The predicted molar refractivity (Wildman–Crippen MR) is 108 cm³/mol. The summed E-state index contributed by atoms with van der Waals surface area (Å²) in [5, 5.41) is 3.05. The van der Waals surface area contributed by atoms with Crippen molar-refractivity contribution < 1.29 is 14.4 Å². The van der Waals surface area contributed by atoms with Crippen molar-refractivity contribution in [1.29, 1.82) is 0 Å². The van der Waals surface area contributed by atoms with Crippen molar-refractivity contribution in [3.05, 3.63) is 95.1 Å². The molecule has 0 unspecified atom stereocenters. The first kappa shape index (κ1) is 17.4. The van der Waals surface area contributed by atoms with Crippen molar-refractivity contribution >= 4 is 17.7 Å². The molecule has 1 N–H and O–H groups in total. The van der Waals surface area contributed by atoms with Gasteiger partial charge in [0.1, 0.15) is 6.04 Å². The molecule has 142 valence electrons. The number of amides is 3. The summed E-state index contributed by atoms with van der Waals surface area (Å²) in [5.41, 5.74) is 4.87. The number of imide groups is 1. The number of nitrogens with zero attached hydrogens (tertiary/aromatic N) is 1. The maximum absolute atomic E-state index is 13.1. The zero-order valence-electron chi connectivity index (χ0n) is 15.8. The molecule has 0 aromatic heterocycles. The fourth-order valence-corrected chi connectivity index (χ4v) is 4.25. The maximum atomic E-state index is 13.1. The standard InChI is InChI=1S/C24H18N2O3/c1-14(26-23(28)19-12-6-7-13-20(19)24(26)29)22(27)25-21-17-10-4-2-8-15(17)16-9-3-5-11-18(16)21/h2-14,21H,1H3,(H,25,27)/t14-/m0/s1. The molecular weight excluding hydrogens is 364 g/mol. The number of benzene rings is 3. The molecule has 1 aliphatic heterocycles. The van der Waals surface area contributed by atoms with Gasteiger partial charge in [-0.05, 0) is 41.3 Å². The number of nitrogens with one attached hydrogen (secondary N) is 1. The molecule has 3 aromatic carbocycles. The van der Waals surface area contributed by atoms with Gasteiger partial charge in [0, 0.05) is 0 Å². The minimum atomic E-state index is -0.915. The summed E-state index contributed by atoms with van der Waals surface area (Å²) in [6, 6.07) is 21.3. The zero-order valence-corrected chi connectivity index (χ0v) is 15.8. The SMILES string of the molecule is C[C@@H](C(=O)NC1c2ccccc2-c2ccccc21)N1C(=O)c2ccccc2C1=O. The van der Waals surface area contributed by atoms with Crippen LogP contribution in [0.15, 0.2) is 72.8 Å². The normalized spacial score (nSPS) is 15.7. The molecule has 1 heterocycles. The lowest BCUT2D eigenvalue weighted by Gasteiger charge is -2.24. The molecule has 0 spiro atoms. The highest BCUT2D eigenvalue weighted by molar-refractivity contribution is 6.22. The van der Waals surface area contributed by atoms with Crippen LogP contribution >= 0.6 is 0 Å². The maximum Gasteiger partial charge on any atom is 0.262 e. The van der Waals surface area contributed by atoms with E-state index < -0.39 is 17.9 Å². The van der Waals surface area contributed by atoms with Gasteiger partial charge >= 0.3 is 0 Å². The van der Waals surface area contributed by atoms with E-state index in [-0.39, 0.29) is 11.9 Å². The lowest BCUT2D eigenvalue weighted by Crippen LogP contribution is -2.48. The van der Waals surface area contributed by atoms with E-state index in [4.69, 9.17) is 0 Å². The van der Waals surface area contributed by atoms with E-state index >= 15 is 0 Å². The largest absolute Gasteiger partial charge is 0.343 e. The second-order valence-corrected chi connectivity index (χ2v) is 7.32. The van der Waals surface area contributed by atoms with Gasteiger partial charge < -0.3 is 5.32 Å². The van der Waals surface area contributed by atoms with Crippen LogP contribution in [0.2, 0.25) is 0 Å². The van der Waals surface area contributed by atoms with Crippen molar-refractivity contribution in [2.75, 3.05) is 0 Å². The summed E-state index contributed by atoms with van der Waals surface area (Å²) in [6.45, 7) is 1.59. The average molecular weight is 382 g/mol. The fourth-order valence-electron chi connectivity index (χ4n) is 4.25. The van der Waals surface area contributed by atoms with E-state index in [1.54, 1.807) is 31.2 Å². The van der Waals surface area contributed by atoms with E-state index in [1.807, 2.05) is 48.5 Å². The molecule has 29 heavy (non-hydrogen) atoms. The highest BCUT2D eigenvalue weighted by Gasteiger charge is 2.41. The molecule has 5 rings (SSSR count). The molecule has 0 saturated carbocycles. The van der Waals surface area contributed by atoms with Gasteiger partial charge in [-0.3, -0.25) is 19.3 Å². The Morgan fingerprint density at radius 1 is 0.759 bits per heavy atom. The highest BCUT2D eigenvalue weighted by atomic mass is 16.2. The van der Waals surface area contributed by atoms with Gasteiger partial charge in [-0.25, -0.2) is 0 Å². The average Bonchev–Trinajstić information content (AvgIpc) is 3.20. The molecule has 1 atom stereocenters. The van der Waals surface area contributed by atoms with E-state index in [9.17, 15) is 14.4 Å². The quantitative estimate of drug-likeness (QED) is 0.705. The van der Waals surface area contributed by atoms with Crippen LogP contribution in [-0.2, 0) is 4.79 Å². The van der Waals surface area contributed by atoms with Gasteiger partial charge in [0.2, 0.25) is 5.91 Å². The van der Waals surface area contributed by atoms with Crippen LogP contribution < -0.4 is 5.32 Å². The summed E-state index contributed by atoms with van der Waals surface area (Å²) in [7, 11) is 0. The van der Waals surface area contributed by atoms with Gasteiger partial charge in [0.05, 0.1) is 17.2 Å². The Balaban J connectivity index is 1.44. The Morgan fingerprint density at radius 2 is 1.17 bits per heavy atom. The van der Waals surface area contributed by atoms with E-state index in [1.165, 1.54) is 0 Å². The van der Waals surface area contributed by atoms with Crippen molar-refractivity contribution in [1.82, 2.24) is 10.2 Å². The van der Waals surface area contributed by atoms with Crippen molar-refractivity contribution in [3.8, 4) is 11.1 Å². The third-order valence-electron chi connectivity index (χ3n) is 5.71. The molecule has 1 aliphatic carbocycles. The monoisotopic (exact) mass is 382 g/mol. The van der Waals surface area contributed by atoms with Crippen LogP contribution in [0, 0.1) is 0 Å². The lowest BCUT2D eigenvalue weighted by molar-refractivity contribution is -0.125. The van der Waals surface area contributed by atoms with E-state index in [0.717, 1.165) is 27.2 Å². The summed E-state index contributed by atoms with van der Waals surface area (Å²) >= 11 is 0. The second kappa shape index (κ2) is 6.41. The molecular formula is C24H18N2O3. The number of carbonyl (C=O) groups excluding carboxylic acids is 3. The third kappa shape index (κ3) is 2.51. The Kier molecular flexibility index (Phi) is 3.84. The molecule has 5 nitrogen and oxygen atoms in total. The first-order valence-corrected chi connectivity index (χ1v) is 9.53. The van der Waals surface area contributed by atoms with Crippen molar-refractivity contribution in [2.24, 2.45) is 0 Å².